The van der Waals surface area contributed by atoms with Crippen LogP contribution in [0.3, 0.4) is 0 Å². The summed E-state index contributed by atoms with van der Waals surface area (Å²) >= 11 is 3.35. The molecule has 4 heteroatoms. The fourth-order valence-corrected chi connectivity index (χ4v) is 1.85. The maximum atomic E-state index is 4.30. The van der Waals surface area contributed by atoms with E-state index in [1.807, 2.05) is 25.1 Å². The fraction of sp³-hybridized carbons (Fsp3) is 0.167. The molecule has 0 saturated heterocycles. The van der Waals surface area contributed by atoms with Gasteiger partial charge in [0.15, 0.2) is 0 Å². The largest absolute Gasteiger partial charge is 0.340 e. The van der Waals surface area contributed by atoms with Crippen LogP contribution in [0.5, 0.6) is 0 Å². The Labute approximate surface area is 103 Å². The number of rotatable bonds is 2. The molecule has 0 bridgehead atoms. The first kappa shape index (κ1) is 11.1. The lowest BCUT2D eigenvalue weighted by molar-refractivity contribution is 1.04. The second kappa shape index (κ2) is 4.61. The highest BCUT2D eigenvalue weighted by atomic mass is 79.9. The number of halogens is 1. The van der Waals surface area contributed by atoms with Crippen LogP contribution in [0, 0.1) is 13.8 Å². The first-order valence-electron chi connectivity index (χ1n) is 4.98. The first-order valence-corrected chi connectivity index (χ1v) is 5.78. The van der Waals surface area contributed by atoms with E-state index < -0.39 is 0 Å². The standard InChI is InChI=1S/C12H12BrN3/c1-8-3-5-10(6-4-8)16-12-7-11(13)14-9(2)15-12/h3-7H,1-2H3,(H,14,15,16). The van der Waals surface area contributed by atoms with Gasteiger partial charge in [-0.25, -0.2) is 9.97 Å². The van der Waals surface area contributed by atoms with Crippen molar-refractivity contribution in [1.29, 1.82) is 0 Å². The molecule has 1 heterocycles. The predicted octanol–water partition coefficient (Wildman–Crippen LogP) is 3.60. The van der Waals surface area contributed by atoms with Crippen LogP contribution in [-0.4, -0.2) is 9.97 Å². The predicted molar refractivity (Wildman–Crippen MR) is 68.9 cm³/mol. The van der Waals surface area contributed by atoms with Crippen LogP contribution < -0.4 is 5.32 Å². The summed E-state index contributed by atoms with van der Waals surface area (Å²) in [5.41, 5.74) is 2.26. The lowest BCUT2D eigenvalue weighted by Crippen LogP contribution is -1.97. The number of nitrogens with one attached hydrogen (secondary N) is 1. The maximum Gasteiger partial charge on any atom is 0.135 e. The minimum absolute atomic E-state index is 0.740. The highest BCUT2D eigenvalue weighted by Crippen LogP contribution is 2.17. The number of hydrogen-bond acceptors (Lipinski definition) is 3. The third-order valence-electron chi connectivity index (χ3n) is 2.13. The van der Waals surface area contributed by atoms with Gasteiger partial charge in [0.2, 0.25) is 0 Å². The summed E-state index contributed by atoms with van der Waals surface area (Å²) in [6, 6.07) is 10.0. The van der Waals surface area contributed by atoms with Crippen molar-refractivity contribution in [3.63, 3.8) is 0 Å². The van der Waals surface area contributed by atoms with Gasteiger partial charge in [0.05, 0.1) is 0 Å². The molecule has 3 nitrogen and oxygen atoms in total. The van der Waals surface area contributed by atoms with E-state index in [1.165, 1.54) is 5.56 Å². The second-order valence-corrected chi connectivity index (χ2v) is 4.43. The molecule has 1 N–H and O–H groups in total. The van der Waals surface area contributed by atoms with Gasteiger partial charge in [-0.3, -0.25) is 0 Å². The summed E-state index contributed by atoms with van der Waals surface area (Å²) in [7, 11) is 0. The zero-order valence-corrected chi connectivity index (χ0v) is 10.7. The molecule has 0 spiro atoms. The van der Waals surface area contributed by atoms with Gasteiger partial charge < -0.3 is 5.32 Å². The third kappa shape index (κ3) is 2.79. The molecule has 0 atom stereocenters. The molecule has 0 amide bonds. The van der Waals surface area contributed by atoms with E-state index in [9.17, 15) is 0 Å². The van der Waals surface area contributed by atoms with Crippen molar-refractivity contribution in [3.8, 4) is 0 Å². The smallest absolute Gasteiger partial charge is 0.135 e. The minimum Gasteiger partial charge on any atom is -0.340 e. The second-order valence-electron chi connectivity index (χ2n) is 3.61. The summed E-state index contributed by atoms with van der Waals surface area (Å²) in [4.78, 5) is 8.46. The normalized spacial score (nSPS) is 10.2. The highest BCUT2D eigenvalue weighted by Gasteiger charge is 1.99. The molecule has 2 rings (SSSR count). The monoisotopic (exact) mass is 277 g/mol. The van der Waals surface area contributed by atoms with Crippen molar-refractivity contribution in [2.24, 2.45) is 0 Å². The Morgan fingerprint density at radius 1 is 1.06 bits per heavy atom. The van der Waals surface area contributed by atoms with Crippen molar-refractivity contribution in [3.05, 3.63) is 46.3 Å². The summed E-state index contributed by atoms with van der Waals surface area (Å²) in [5, 5.41) is 3.23. The Morgan fingerprint density at radius 2 is 1.75 bits per heavy atom. The van der Waals surface area contributed by atoms with E-state index >= 15 is 0 Å². The Bertz CT molecular complexity index is 474. The quantitative estimate of drug-likeness (QED) is 0.853. The van der Waals surface area contributed by atoms with Gasteiger partial charge in [-0.05, 0) is 41.9 Å². The van der Waals surface area contributed by atoms with Crippen molar-refractivity contribution >= 4 is 27.4 Å². The van der Waals surface area contributed by atoms with Crippen molar-refractivity contribution in [2.45, 2.75) is 13.8 Å². The molecule has 0 aliphatic carbocycles. The van der Waals surface area contributed by atoms with Crippen LogP contribution in [-0.2, 0) is 0 Å². The Kier molecular flexibility index (Phi) is 3.19. The van der Waals surface area contributed by atoms with Crippen LogP contribution in [0.25, 0.3) is 0 Å². The van der Waals surface area contributed by atoms with Crippen molar-refractivity contribution in [1.82, 2.24) is 9.97 Å². The van der Waals surface area contributed by atoms with E-state index in [1.54, 1.807) is 0 Å². The maximum absolute atomic E-state index is 4.30. The molecule has 16 heavy (non-hydrogen) atoms. The number of anilines is 2. The molecular weight excluding hydrogens is 266 g/mol. The lowest BCUT2D eigenvalue weighted by Gasteiger charge is -2.06. The number of nitrogens with zero attached hydrogens (tertiary/aromatic N) is 2. The summed E-state index contributed by atoms with van der Waals surface area (Å²) in [6.07, 6.45) is 0. The van der Waals surface area contributed by atoms with Gasteiger partial charge in [-0.15, -0.1) is 0 Å². The van der Waals surface area contributed by atoms with Crippen LogP contribution in [0.15, 0.2) is 34.9 Å². The van der Waals surface area contributed by atoms with Crippen LogP contribution in [0.4, 0.5) is 11.5 Å². The van der Waals surface area contributed by atoms with Crippen molar-refractivity contribution < 1.29 is 0 Å². The van der Waals surface area contributed by atoms with Gasteiger partial charge in [-0.1, -0.05) is 17.7 Å². The van der Waals surface area contributed by atoms with E-state index in [4.69, 9.17) is 0 Å². The number of benzene rings is 1. The molecule has 1 aromatic carbocycles. The third-order valence-corrected chi connectivity index (χ3v) is 2.54. The van der Waals surface area contributed by atoms with Crippen molar-refractivity contribution in [2.75, 3.05) is 5.32 Å². The number of aromatic nitrogens is 2. The zero-order valence-electron chi connectivity index (χ0n) is 9.16. The SMILES string of the molecule is Cc1ccc(Nc2cc(Br)nc(C)n2)cc1. The van der Waals surface area contributed by atoms with Crippen LogP contribution in [0.1, 0.15) is 11.4 Å². The summed E-state index contributed by atoms with van der Waals surface area (Å²) in [6.45, 7) is 3.93. The Balaban J connectivity index is 2.23. The average Bonchev–Trinajstić information content (AvgIpc) is 2.20. The Hall–Kier alpha value is -1.42. The minimum atomic E-state index is 0.740. The van der Waals surface area contributed by atoms with Gasteiger partial charge in [0, 0.05) is 11.8 Å². The molecular formula is C12H12BrN3. The lowest BCUT2D eigenvalue weighted by atomic mass is 10.2. The van der Waals surface area contributed by atoms with E-state index in [-0.39, 0.29) is 0 Å². The Morgan fingerprint density at radius 3 is 2.38 bits per heavy atom. The first-order chi connectivity index (χ1) is 7.63. The molecule has 0 unspecified atom stereocenters. The van der Waals surface area contributed by atoms with Crippen LogP contribution >= 0.6 is 15.9 Å². The summed E-state index contributed by atoms with van der Waals surface area (Å²) in [5.74, 6) is 1.53. The van der Waals surface area contributed by atoms with Gasteiger partial charge in [0.1, 0.15) is 16.2 Å². The van der Waals surface area contributed by atoms with Gasteiger partial charge >= 0.3 is 0 Å². The van der Waals surface area contributed by atoms with E-state index in [0.29, 0.717) is 0 Å². The fourth-order valence-electron chi connectivity index (χ4n) is 1.38. The highest BCUT2D eigenvalue weighted by molar-refractivity contribution is 9.10. The molecule has 0 saturated carbocycles. The number of hydrogen-bond donors (Lipinski definition) is 1. The molecule has 0 radical (unpaired) electrons. The molecule has 0 fully saturated rings. The molecule has 1 aromatic heterocycles. The van der Waals surface area contributed by atoms with Gasteiger partial charge in [0.25, 0.3) is 0 Å². The van der Waals surface area contributed by atoms with Crippen LogP contribution in [0.2, 0.25) is 0 Å². The average molecular weight is 278 g/mol. The number of aryl methyl sites for hydroxylation is 2. The van der Waals surface area contributed by atoms with E-state index in [0.717, 1.165) is 21.9 Å². The topological polar surface area (TPSA) is 37.8 Å². The molecule has 0 aliphatic heterocycles. The van der Waals surface area contributed by atoms with E-state index in [2.05, 4.69) is 50.3 Å². The molecule has 0 aliphatic rings. The molecule has 2 aromatic rings. The van der Waals surface area contributed by atoms with Gasteiger partial charge in [-0.2, -0.15) is 0 Å². The summed E-state index contributed by atoms with van der Waals surface area (Å²) < 4.78 is 0.787. The molecule has 82 valence electrons. The zero-order chi connectivity index (χ0) is 11.5.